The fourth-order valence-electron chi connectivity index (χ4n) is 2.43. The van der Waals surface area contributed by atoms with Crippen LogP contribution in [0.15, 0.2) is 12.1 Å². The average molecular weight is 264 g/mol. The van der Waals surface area contributed by atoms with E-state index in [4.69, 9.17) is 9.47 Å². The number of phenolic OH excluding ortho intramolecular Hbond substituents is 1. The number of esters is 1. The highest BCUT2D eigenvalue weighted by Crippen LogP contribution is 2.31. The number of carbonyl (C=O) groups is 1. The maximum absolute atomic E-state index is 12.1. The van der Waals surface area contributed by atoms with Gasteiger partial charge in [0.1, 0.15) is 17.1 Å². The maximum atomic E-state index is 12.1. The van der Waals surface area contributed by atoms with Crippen molar-refractivity contribution in [2.24, 2.45) is 0 Å². The van der Waals surface area contributed by atoms with Gasteiger partial charge < -0.3 is 14.6 Å². The molecule has 0 amide bonds. The molecule has 0 fully saturated rings. The number of aromatic hydroxyl groups is 1. The van der Waals surface area contributed by atoms with E-state index in [1.165, 1.54) is 6.07 Å². The number of fused-ring (bicyclic) bond motifs is 1. The Morgan fingerprint density at radius 2 is 2.11 bits per heavy atom. The number of carbonyl (C=O) groups excluding carboxylic acids is 1. The minimum Gasteiger partial charge on any atom is -0.507 e. The van der Waals surface area contributed by atoms with Crippen LogP contribution in [0.3, 0.4) is 0 Å². The quantitative estimate of drug-likeness (QED) is 0.792. The van der Waals surface area contributed by atoms with Crippen molar-refractivity contribution >= 4 is 5.97 Å². The molecule has 4 heteroatoms. The fourth-order valence-corrected chi connectivity index (χ4v) is 2.43. The number of aryl methyl sites for hydroxylation is 1. The molecule has 1 aromatic carbocycles. The Balaban J connectivity index is 2.40. The van der Waals surface area contributed by atoms with E-state index < -0.39 is 5.97 Å². The minimum atomic E-state index is -0.440. The van der Waals surface area contributed by atoms with Crippen LogP contribution in [0.5, 0.6) is 11.5 Å². The second-order valence-corrected chi connectivity index (χ2v) is 5.00. The van der Waals surface area contributed by atoms with Gasteiger partial charge in [0.2, 0.25) is 0 Å². The lowest BCUT2D eigenvalue weighted by Crippen LogP contribution is -2.18. The third-order valence-corrected chi connectivity index (χ3v) is 3.48. The first-order valence-corrected chi connectivity index (χ1v) is 6.72. The van der Waals surface area contributed by atoms with E-state index in [1.807, 2.05) is 13.0 Å². The number of cyclic esters (lactones) is 1. The van der Waals surface area contributed by atoms with Gasteiger partial charge in [-0.1, -0.05) is 6.42 Å². The predicted octanol–water partition coefficient (Wildman–Crippen LogP) is 3.06. The second kappa shape index (κ2) is 5.95. The monoisotopic (exact) mass is 264 g/mol. The van der Waals surface area contributed by atoms with Crippen molar-refractivity contribution in [3.05, 3.63) is 23.3 Å². The van der Waals surface area contributed by atoms with Crippen molar-refractivity contribution in [3.8, 4) is 11.5 Å². The van der Waals surface area contributed by atoms with Crippen LogP contribution >= 0.6 is 0 Å². The first-order valence-electron chi connectivity index (χ1n) is 6.72. The molecule has 0 radical (unpaired) electrons. The van der Waals surface area contributed by atoms with E-state index in [0.29, 0.717) is 5.75 Å². The van der Waals surface area contributed by atoms with Crippen LogP contribution in [0.25, 0.3) is 0 Å². The topological polar surface area (TPSA) is 55.8 Å². The van der Waals surface area contributed by atoms with Gasteiger partial charge in [-0.05, 0) is 44.2 Å². The molecule has 0 spiro atoms. The van der Waals surface area contributed by atoms with Crippen LogP contribution < -0.4 is 4.74 Å². The first-order chi connectivity index (χ1) is 9.11. The summed E-state index contributed by atoms with van der Waals surface area (Å²) < 4.78 is 10.5. The Morgan fingerprint density at radius 3 is 2.84 bits per heavy atom. The molecule has 1 aromatic rings. The summed E-state index contributed by atoms with van der Waals surface area (Å²) in [6.07, 6.45) is 4.67. The summed E-state index contributed by atoms with van der Waals surface area (Å²) in [7, 11) is 1.54. The number of hydrogen-bond acceptors (Lipinski definition) is 4. The lowest BCUT2D eigenvalue weighted by Gasteiger charge is -2.18. The average Bonchev–Trinajstić information content (AvgIpc) is 2.36. The van der Waals surface area contributed by atoms with Crippen LogP contribution in [0.2, 0.25) is 0 Å². The number of ether oxygens (including phenoxy) is 2. The van der Waals surface area contributed by atoms with Gasteiger partial charge in [0, 0.05) is 6.07 Å². The first kappa shape index (κ1) is 13.7. The maximum Gasteiger partial charge on any atom is 0.342 e. The lowest BCUT2D eigenvalue weighted by molar-refractivity contribution is 0.0312. The fraction of sp³-hybridized carbons (Fsp3) is 0.533. The molecule has 19 heavy (non-hydrogen) atoms. The van der Waals surface area contributed by atoms with E-state index in [0.717, 1.165) is 37.7 Å². The van der Waals surface area contributed by atoms with Crippen molar-refractivity contribution in [2.75, 3.05) is 7.11 Å². The van der Waals surface area contributed by atoms with Crippen molar-refractivity contribution in [2.45, 2.75) is 45.1 Å². The highest BCUT2D eigenvalue weighted by Gasteiger charge is 2.22. The standard InChI is InChI=1S/C15H20O4/c1-10-6-4-3-5-7-11-8-12(18-2)9-13(16)14(11)15(17)19-10/h8-10,16H,3-7H2,1-2H3/t10-/m1/s1. The summed E-state index contributed by atoms with van der Waals surface area (Å²) in [6, 6.07) is 3.26. The molecule has 1 aliphatic heterocycles. The number of methoxy groups -OCH3 is 1. The predicted molar refractivity (Wildman–Crippen MR) is 71.7 cm³/mol. The highest BCUT2D eigenvalue weighted by molar-refractivity contribution is 5.94. The van der Waals surface area contributed by atoms with Crippen molar-refractivity contribution in [1.82, 2.24) is 0 Å². The molecular formula is C15H20O4. The van der Waals surface area contributed by atoms with Crippen LogP contribution in [0, 0.1) is 0 Å². The van der Waals surface area contributed by atoms with Gasteiger partial charge in [0.05, 0.1) is 13.2 Å². The van der Waals surface area contributed by atoms with E-state index in [1.54, 1.807) is 7.11 Å². The third kappa shape index (κ3) is 3.19. The van der Waals surface area contributed by atoms with Gasteiger partial charge in [-0.2, -0.15) is 0 Å². The van der Waals surface area contributed by atoms with Crippen molar-refractivity contribution in [1.29, 1.82) is 0 Å². The number of hydrogen-bond donors (Lipinski definition) is 1. The summed E-state index contributed by atoms with van der Waals surface area (Å²) in [5.41, 5.74) is 1.09. The molecule has 0 unspecified atom stereocenters. The van der Waals surface area contributed by atoms with E-state index in [-0.39, 0.29) is 17.4 Å². The lowest BCUT2D eigenvalue weighted by atomic mass is 9.98. The van der Waals surface area contributed by atoms with Crippen LogP contribution in [0.4, 0.5) is 0 Å². The van der Waals surface area contributed by atoms with Crippen LogP contribution in [-0.4, -0.2) is 24.3 Å². The van der Waals surface area contributed by atoms with Gasteiger partial charge >= 0.3 is 5.97 Å². The highest BCUT2D eigenvalue weighted by atomic mass is 16.5. The number of benzene rings is 1. The van der Waals surface area contributed by atoms with E-state index in [9.17, 15) is 9.90 Å². The SMILES string of the molecule is COc1cc(O)c2c(c1)CCCCC[C@@H](C)OC2=O. The third-order valence-electron chi connectivity index (χ3n) is 3.48. The molecular weight excluding hydrogens is 244 g/mol. The second-order valence-electron chi connectivity index (χ2n) is 5.00. The molecule has 104 valence electrons. The van der Waals surface area contributed by atoms with Crippen LogP contribution in [0.1, 0.15) is 48.5 Å². The smallest absolute Gasteiger partial charge is 0.342 e. The molecule has 2 rings (SSSR count). The van der Waals surface area contributed by atoms with E-state index >= 15 is 0 Å². The van der Waals surface area contributed by atoms with Gasteiger partial charge in [-0.3, -0.25) is 0 Å². The van der Waals surface area contributed by atoms with E-state index in [2.05, 4.69) is 0 Å². The van der Waals surface area contributed by atoms with Gasteiger partial charge in [0.25, 0.3) is 0 Å². The van der Waals surface area contributed by atoms with Crippen molar-refractivity contribution < 1.29 is 19.4 Å². The molecule has 1 heterocycles. The summed E-state index contributed by atoms with van der Waals surface area (Å²) in [4.78, 5) is 12.1. The molecule has 1 atom stereocenters. The zero-order valence-electron chi connectivity index (χ0n) is 11.4. The molecule has 0 aliphatic carbocycles. The Kier molecular flexibility index (Phi) is 4.30. The number of phenols is 1. The molecule has 4 nitrogen and oxygen atoms in total. The summed E-state index contributed by atoms with van der Waals surface area (Å²) in [5, 5.41) is 10.0. The molecule has 0 saturated carbocycles. The number of rotatable bonds is 1. The zero-order valence-corrected chi connectivity index (χ0v) is 11.4. The Hall–Kier alpha value is -1.71. The van der Waals surface area contributed by atoms with Gasteiger partial charge in [-0.15, -0.1) is 0 Å². The summed E-state index contributed by atoms with van der Waals surface area (Å²) in [6.45, 7) is 1.89. The largest absolute Gasteiger partial charge is 0.507 e. The Labute approximate surface area is 113 Å². The normalized spacial score (nSPS) is 20.3. The summed E-state index contributed by atoms with van der Waals surface area (Å²) >= 11 is 0. The van der Waals surface area contributed by atoms with Crippen molar-refractivity contribution in [3.63, 3.8) is 0 Å². The molecule has 0 bridgehead atoms. The zero-order chi connectivity index (χ0) is 13.8. The Morgan fingerprint density at radius 1 is 1.32 bits per heavy atom. The summed E-state index contributed by atoms with van der Waals surface area (Å²) in [5.74, 6) is 0.0610. The van der Waals surface area contributed by atoms with Gasteiger partial charge in [-0.25, -0.2) is 4.79 Å². The minimum absolute atomic E-state index is 0.0628. The molecule has 0 saturated heterocycles. The van der Waals surface area contributed by atoms with Crippen LogP contribution in [-0.2, 0) is 11.2 Å². The Bertz CT molecular complexity index is 467. The molecule has 1 N–H and O–H groups in total. The molecule has 1 aliphatic rings. The molecule has 0 aromatic heterocycles. The van der Waals surface area contributed by atoms with Gasteiger partial charge in [0.15, 0.2) is 0 Å².